The summed E-state index contributed by atoms with van der Waals surface area (Å²) in [6, 6.07) is 0. The molecule has 0 heterocycles. The first-order chi connectivity index (χ1) is 4.98. The highest BCUT2D eigenvalue weighted by Crippen LogP contribution is 2.23. The highest BCUT2D eigenvalue weighted by Gasteiger charge is 2.10. The van der Waals surface area contributed by atoms with E-state index in [-0.39, 0.29) is 0 Å². The molecule has 0 aromatic carbocycles. The van der Waals surface area contributed by atoms with Crippen LogP contribution < -0.4 is 0 Å². The van der Waals surface area contributed by atoms with Gasteiger partial charge in [-0.1, -0.05) is 45.1 Å². The van der Waals surface area contributed by atoms with Crippen LogP contribution in [-0.4, -0.2) is 0 Å². The monoisotopic (exact) mass is 152 g/mol. The molecule has 0 fully saturated rings. The normalized spacial score (nSPS) is 11.5. The van der Waals surface area contributed by atoms with E-state index in [1.54, 1.807) is 0 Å². The number of hydrogen-bond donors (Lipinski definition) is 0. The standard InChI is InChI=1S/C9H16.C2H4/c1-6-7-8(2)9(3,4)5;1-2/h6-7H,1H2,2-5H3;1-2H2/b8-7-;. The fraction of sp³-hybridized carbons (Fsp3) is 0.455. The molecule has 0 saturated heterocycles. The Labute approximate surface area is 71.3 Å². The molecule has 0 atom stereocenters. The summed E-state index contributed by atoms with van der Waals surface area (Å²) in [6.45, 7) is 18.4. The first-order valence-electron chi connectivity index (χ1n) is 3.78. The topological polar surface area (TPSA) is 0 Å². The van der Waals surface area contributed by atoms with E-state index in [1.807, 2.05) is 6.08 Å². The van der Waals surface area contributed by atoms with Crippen molar-refractivity contribution in [2.45, 2.75) is 27.7 Å². The second kappa shape index (κ2) is 5.96. The van der Waals surface area contributed by atoms with Crippen molar-refractivity contribution in [1.29, 1.82) is 0 Å². The van der Waals surface area contributed by atoms with Crippen molar-refractivity contribution in [3.63, 3.8) is 0 Å². The summed E-state index contributed by atoms with van der Waals surface area (Å²) in [6.07, 6.45) is 3.89. The molecule has 0 bridgehead atoms. The molecule has 64 valence electrons. The first-order valence-corrected chi connectivity index (χ1v) is 3.78. The minimum Gasteiger partial charge on any atom is -0.106 e. The third-order valence-electron chi connectivity index (χ3n) is 1.55. The maximum absolute atomic E-state index is 3.64. The van der Waals surface area contributed by atoms with E-state index < -0.39 is 0 Å². The molecule has 0 aromatic rings. The lowest BCUT2D eigenvalue weighted by Gasteiger charge is -2.18. The molecule has 0 spiro atoms. The Bertz CT molecular complexity index is 133. The zero-order valence-corrected chi connectivity index (χ0v) is 8.28. The van der Waals surface area contributed by atoms with E-state index in [0.717, 1.165) is 0 Å². The number of allylic oxidation sites excluding steroid dienone is 3. The summed E-state index contributed by atoms with van der Waals surface area (Å²) in [5.41, 5.74) is 1.67. The van der Waals surface area contributed by atoms with E-state index in [1.165, 1.54) is 5.57 Å². The fourth-order valence-corrected chi connectivity index (χ4v) is 0.427. The third kappa shape index (κ3) is 7.11. The van der Waals surface area contributed by atoms with E-state index in [4.69, 9.17) is 0 Å². The Morgan fingerprint density at radius 1 is 1.18 bits per heavy atom. The second-order valence-corrected chi connectivity index (χ2v) is 3.34. The molecule has 0 aliphatic carbocycles. The Morgan fingerprint density at radius 2 is 1.55 bits per heavy atom. The van der Waals surface area contributed by atoms with Crippen molar-refractivity contribution in [1.82, 2.24) is 0 Å². The smallest absolute Gasteiger partial charge is 0.0173 e. The van der Waals surface area contributed by atoms with E-state index >= 15 is 0 Å². The van der Waals surface area contributed by atoms with Crippen molar-refractivity contribution >= 4 is 0 Å². The van der Waals surface area contributed by atoms with Gasteiger partial charge in [-0.05, 0) is 12.3 Å². The van der Waals surface area contributed by atoms with Crippen LogP contribution in [0.4, 0.5) is 0 Å². The molecule has 0 rings (SSSR count). The molecule has 0 aliphatic rings. The summed E-state index contributed by atoms with van der Waals surface area (Å²) >= 11 is 0. The predicted molar refractivity (Wildman–Crippen MR) is 54.7 cm³/mol. The van der Waals surface area contributed by atoms with Gasteiger partial charge in [0.1, 0.15) is 0 Å². The van der Waals surface area contributed by atoms with Gasteiger partial charge in [-0.2, -0.15) is 0 Å². The molecular weight excluding hydrogens is 132 g/mol. The molecule has 0 radical (unpaired) electrons. The van der Waals surface area contributed by atoms with E-state index in [0.29, 0.717) is 5.41 Å². The molecule has 0 aromatic heterocycles. The van der Waals surface area contributed by atoms with Crippen LogP contribution in [0.15, 0.2) is 37.5 Å². The van der Waals surface area contributed by atoms with Crippen molar-refractivity contribution in [2.24, 2.45) is 5.41 Å². The Morgan fingerprint density at radius 3 is 1.64 bits per heavy atom. The van der Waals surface area contributed by atoms with Crippen molar-refractivity contribution in [3.05, 3.63) is 37.5 Å². The van der Waals surface area contributed by atoms with Crippen LogP contribution in [0.25, 0.3) is 0 Å². The fourth-order valence-electron chi connectivity index (χ4n) is 0.427. The van der Waals surface area contributed by atoms with Crippen LogP contribution in [0.2, 0.25) is 0 Å². The zero-order chi connectivity index (χ0) is 9.49. The van der Waals surface area contributed by atoms with Gasteiger partial charge in [0.25, 0.3) is 0 Å². The summed E-state index contributed by atoms with van der Waals surface area (Å²) in [5.74, 6) is 0. The molecule has 0 N–H and O–H groups in total. The molecule has 0 nitrogen and oxygen atoms in total. The SMILES string of the molecule is C=C.C=C/C=C(/C)C(C)(C)C. The van der Waals surface area contributed by atoms with Gasteiger partial charge in [-0.25, -0.2) is 0 Å². The highest BCUT2D eigenvalue weighted by molar-refractivity contribution is 5.13. The predicted octanol–water partition coefficient (Wildman–Crippen LogP) is 3.97. The van der Waals surface area contributed by atoms with Crippen molar-refractivity contribution in [3.8, 4) is 0 Å². The molecule has 0 aliphatic heterocycles. The summed E-state index contributed by atoms with van der Waals surface area (Å²) in [5, 5.41) is 0. The van der Waals surface area contributed by atoms with Crippen LogP contribution in [-0.2, 0) is 0 Å². The Hall–Kier alpha value is -0.780. The molecule has 11 heavy (non-hydrogen) atoms. The van der Waals surface area contributed by atoms with Gasteiger partial charge in [0.15, 0.2) is 0 Å². The average molecular weight is 152 g/mol. The largest absolute Gasteiger partial charge is 0.106 e. The van der Waals surface area contributed by atoms with Gasteiger partial charge in [-0.15, -0.1) is 13.2 Å². The lowest BCUT2D eigenvalue weighted by molar-refractivity contribution is 0.504. The van der Waals surface area contributed by atoms with Crippen LogP contribution in [0.5, 0.6) is 0 Å². The number of rotatable bonds is 1. The van der Waals surface area contributed by atoms with Crippen molar-refractivity contribution in [2.75, 3.05) is 0 Å². The first kappa shape index (κ1) is 12.9. The Balaban J connectivity index is 0. The number of hydrogen-bond acceptors (Lipinski definition) is 0. The van der Waals surface area contributed by atoms with Gasteiger partial charge in [-0.3, -0.25) is 0 Å². The Kier molecular flexibility index (Phi) is 6.97. The third-order valence-corrected chi connectivity index (χ3v) is 1.55. The average Bonchev–Trinajstić information content (AvgIpc) is 1.91. The van der Waals surface area contributed by atoms with Gasteiger partial charge >= 0.3 is 0 Å². The lowest BCUT2D eigenvalue weighted by Crippen LogP contribution is -2.05. The molecule has 0 unspecified atom stereocenters. The van der Waals surface area contributed by atoms with Gasteiger partial charge in [0.05, 0.1) is 0 Å². The molecular formula is C11H20. The van der Waals surface area contributed by atoms with E-state index in [9.17, 15) is 0 Å². The van der Waals surface area contributed by atoms with Crippen LogP contribution in [0.3, 0.4) is 0 Å². The summed E-state index contributed by atoms with van der Waals surface area (Å²) in [4.78, 5) is 0. The van der Waals surface area contributed by atoms with Crippen molar-refractivity contribution < 1.29 is 0 Å². The second-order valence-electron chi connectivity index (χ2n) is 3.34. The van der Waals surface area contributed by atoms with Crippen LogP contribution in [0.1, 0.15) is 27.7 Å². The van der Waals surface area contributed by atoms with Gasteiger partial charge in [0, 0.05) is 0 Å². The minimum atomic E-state index is 0.300. The van der Waals surface area contributed by atoms with Crippen LogP contribution >= 0.6 is 0 Å². The quantitative estimate of drug-likeness (QED) is 0.394. The summed E-state index contributed by atoms with van der Waals surface area (Å²) < 4.78 is 0. The highest BCUT2D eigenvalue weighted by atomic mass is 14.2. The maximum atomic E-state index is 3.64. The van der Waals surface area contributed by atoms with E-state index in [2.05, 4.69) is 53.5 Å². The molecule has 0 saturated carbocycles. The summed E-state index contributed by atoms with van der Waals surface area (Å²) in [7, 11) is 0. The lowest BCUT2D eigenvalue weighted by atomic mass is 9.87. The molecule has 0 amide bonds. The van der Waals surface area contributed by atoms with Gasteiger partial charge < -0.3 is 0 Å². The maximum Gasteiger partial charge on any atom is -0.0173 e. The molecule has 0 heteroatoms. The van der Waals surface area contributed by atoms with Gasteiger partial charge in [0.2, 0.25) is 0 Å². The minimum absolute atomic E-state index is 0.300. The zero-order valence-electron chi connectivity index (χ0n) is 8.28. The van der Waals surface area contributed by atoms with Crippen LogP contribution in [0, 0.1) is 5.41 Å².